The molecule has 0 radical (unpaired) electrons. The normalized spacial score (nSPS) is 16.4. The highest BCUT2D eigenvalue weighted by molar-refractivity contribution is 8.13. The molecule has 0 bridgehead atoms. The van der Waals surface area contributed by atoms with Gasteiger partial charge in [-0.1, -0.05) is 11.8 Å². The van der Waals surface area contributed by atoms with Gasteiger partial charge in [0.1, 0.15) is 5.76 Å². The lowest BCUT2D eigenvalue weighted by atomic mass is 10.3. The molecule has 3 nitrogen and oxygen atoms in total. The summed E-state index contributed by atoms with van der Waals surface area (Å²) >= 11 is 1.81. The summed E-state index contributed by atoms with van der Waals surface area (Å²) in [6, 6.07) is 3.92. The van der Waals surface area contributed by atoms with Gasteiger partial charge >= 0.3 is 0 Å². The second-order valence-corrected chi connectivity index (χ2v) is 4.23. The minimum atomic E-state index is 0.902. The van der Waals surface area contributed by atoms with Crippen LogP contribution >= 0.6 is 11.8 Å². The molecule has 0 atom stereocenters. The van der Waals surface area contributed by atoms with E-state index in [1.165, 1.54) is 12.2 Å². The number of thioether (sulfide) groups is 1. The first kappa shape index (κ1) is 9.65. The summed E-state index contributed by atoms with van der Waals surface area (Å²) in [4.78, 5) is 4.39. The number of hydrogen-bond donors (Lipinski definition) is 1. The lowest BCUT2D eigenvalue weighted by Gasteiger charge is -2.12. The van der Waals surface area contributed by atoms with Gasteiger partial charge in [0, 0.05) is 25.3 Å². The van der Waals surface area contributed by atoms with Gasteiger partial charge in [0.2, 0.25) is 0 Å². The molecule has 0 fully saturated rings. The highest BCUT2D eigenvalue weighted by Gasteiger charge is 2.04. The van der Waals surface area contributed by atoms with Gasteiger partial charge in [0.05, 0.1) is 6.26 Å². The number of nitrogens with one attached hydrogen (secondary N) is 1. The van der Waals surface area contributed by atoms with Crippen molar-refractivity contribution in [1.29, 1.82) is 0 Å². The minimum Gasteiger partial charge on any atom is -0.469 e. The van der Waals surface area contributed by atoms with Gasteiger partial charge in [0.15, 0.2) is 5.17 Å². The fraction of sp³-hybridized carbons (Fsp3) is 0.500. The lowest BCUT2D eigenvalue weighted by Crippen LogP contribution is -2.25. The van der Waals surface area contributed by atoms with Crippen LogP contribution in [-0.4, -0.2) is 24.0 Å². The van der Waals surface area contributed by atoms with Crippen molar-refractivity contribution in [3.63, 3.8) is 0 Å². The van der Waals surface area contributed by atoms with Crippen LogP contribution in [0, 0.1) is 0 Å². The zero-order valence-corrected chi connectivity index (χ0v) is 8.85. The van der Waals surface area contributed by atoms with Crippen molar-refractivity contribution in [1.82, 2.24) is 5.32 Å². The third-order valence-electron chi connectivity index (χ3n) is 2.02. The van der Waals surface area contributed by atoms with Gasteiger partial charge < -0.3 is 9.73 Å². The van der Waals surface area contributed by atoms with E-state index < -0.39 is 0 Å². The van der Waals surface area contributed by atoms with Gasteiger partial charge in [-0.15, -0.1) is 0 Å². The van der Waals surface area contributed by atoms with Crippen LogP contribution in [0.2, 0.25) is 0 Å². The molecule has 0 spiro atoms. The van der Waals surface area contributed by atoms with E-state index in [2.05, 4.69) is 10.3 Å². The Balaban J connectivity index is 1.70. The van der Waals surface area contributed by atoms with E-state index >= 15 is 0 Å². The summed E-state index contributed by atoms with van der Waals surface area (Å²) in [5.74, 6) is 2.21. The first-order valence-corrected chi connectivity index (χ1v) is 5.87. The van der Waals surface area contributed by atoms with E-state index in [0.717, 1.165) is 30.4 Å². The van der Waals surface area contributed by atoms with Gasteiger partial charge in [-0.05, 0) is 18.6 Å². The third kappa shape index (κ3) is 2.80. The van der Waals surface area contributed by atoms with E-state index in [-0.39, 0.29) is 0 Å². The molecule has 1 aromatic rings. The predicted octanol–water partition coefficient (Wildman–Crippen LogP) is 1.90. The second kappa shape index (κ2) is 5.10. The first-order valence-electron chi connectivity index (χ1n) is 4.88. The molecule has 2 rings (SSSR count). The molecule has 76 valence electrons. The monoisotopic (exact) mass is 210 g/mol. The molecule has 0 amide bonds. The predicted molar refractivity (Wildman–Crippen MR) is 59.8 cm³/mol. The molecule has 0 aromatic carbocycles. The zero-order valence-electron chi connectivity index (χ0n) is 8.03. The Hall–Kier alpha value is -0.900. The fourth-order valence-electron chi connectivity index (χ4n) is 1.31. The molecule has 1 aliphatic rings. The Morgan fingerprint density at radius 3 is 3.29 bits per heavy atom. The van der Waals surface area contributed by atoms with Crippen molar-refractivity contribution < 1.29 is 4.42 Å². The number of amidine groups is 1. The summed E-state index contributed by atoms with van der Waals surface area (Å²) in [7, 11) is 0. The van der Waals surface area contributed by atoms with Crippen molar-refractivity contribution in [2.75, 3.05) is 18.8 Å². The van der Waals surface area contributed by atoms with Crippen LogP contribution in [0.15, 0.2) is 27.8 Å². The number of furan rings is 1. The second-order valence-electron chi connectivity index (χ2n) is 3.15. The van der Waals surface area contributed by atoms with Crippen molar-refractivity contribution in [2.45, 2.75) is 12.8 Å². The van der Waals surface area contributed by atoms with Gasteiger partial charge in [0.25, 0.3) is 0 Å². The Bertz CT molecular complexity index is 295. The van der Waals surface area contributed by atoms with Crippen LogP contribution in [0.3, 0.4) is 0 Å². The summed E-state index contributed by atoms with van der Waals surface area (Å²) in [6.45, 7) is 1.87. The van der Waals surface area contributed by atoms with Crippen LogP contribution in [0.1, 0.15) is 12.2 Å². The number of nitrogens with zero attached hydrogens (tertiary/aromatic N) is 1. The largest absolute Gasteiger partial charge is 0.469 e. The Kier molecular flexibility index (Phi) is 3.51. The smallest absolute Gasteiger partial charge is 0.156 e. The number of rotatable bonds is 3. The molecule has 2 heterocycles. The number of aliphatic imine (C=N–C) groups is 1. The van der Waals surface area contributed by atoms with E-state index in [1.807, 2.05) is 23.9 Å². The van der Waals surface area contributed by atoms with E-state index in [9.17, 15) is 0 Å². The van der Waals surface area contributed by atoms with Gasteiger partial charge in [-0.25, -0.2) is 0 Å². The van der Waals surface area contributed by atoms with E-state index in [0.29, 0.717) is 0 Å². The Morgan fingerprint density at radius 2 is 2.57 bits per heavy atom. The third-order valence-corrected chi connectivity index (χ3v) is 3.06. The molecule has 0 aliphatic carbocycles. The fourth-order valence-corrected chi connectivity index (χ4v) is 2.17. The average molecular weight is 210 g/mol. The molecular formula is C10H14N2OS. The van der Waals surface area contributed by atoms with Gasteiger partial charge in [-0.2, -0.15) is 0 Å². The van der Waals surface area contributed by atoms with E-state index in [1.54, 1.807) is 6.26 Å². The molecule has 4 heteroatoms. The zero-order chi connectivity index (χ0) is 9.64. The quantitative estimate of drug-likeness (QED) is 0.828. The summed E-state index contributed by atoms with van der Waals surface area (Å²) < 4.78 is 5.24. The molecule has 0 unspecified atom stereocenters. The SMILES string of the molecule is c1coc(CCNC2=NCCCS2)c1. The van der Waals surface area contributed by atoms with Crippen LogP contribution in [0.5, 0.6) is 0 Å². The highest BCUT2D eigenvalue weighted by atomic mass is 32.2. The maximum absolute atomic E-state index is 5.24. The van der Waals surface area contributed by atoms with Crippen molar-refractivity contribution in [2.24, 2.45) is 4.99 Å². The van der Waals surface area contributed by atoms with E-state index in [4.69, 9.17) is 4.42 Å². The topological polar surface area (TPSA) is 37.5 Å². The van der Waals surface area contributed by atoms with Crippen LogP contribution < -0.4 is 5.32 Å². The van der Waals surface area contributed by atoms with Crippen molar-refractivity contribution in [3.05, 3.63) is 24.2 Å². The standard InChI is InChI=1S/C10H14N2OS/c1-3-9(13-7-1)4-6-12-10-11-5-2-8-14-10/h1,3,7H,2,4-6,8H2,(H,11,12). The van der Waals surface area contributed by atoms with Crippen LogP contribution in [-0.2, 0) is 6.42 Å². The lowest BCUT2D eigenvalue weighted by molar-refractivity contribution is 0.507. The molecule has 0 saturated heterocycles. The number of hydrogen-bond acceptors (Lipinski definition) is 4. The average Bonchev–Trinajstić information content (AvgIpc) is 2.72. The van der Waals surface area contributed by atoms with Gasteiger partial charge in [-0.3, -0.25) is 4.99 Å². The summed E-state index contributed by atoms with van der Waals surface area (Å²) in [5.41, 5.74) is 0. The highest BCUT2D eigenvalue weighted by Crippen LogP contribution is 2.10. The maximum atomic E-state index is 5.24. The van der Waals surface area contributed by atoms with Crippen molar-refractivity contribution >= 4 is 16.9 Å². The molecular weight excluding hydrogens is 196 g/mol. The van der Waals surface area contributed by atoms with Crippen LogP contribution in [0.4, 0.5) is 0 Å². The summed E-state index contributed by atoms with van der Waals surface area (Å²) in [6.07, 6.45) is 3.84. The minimum absolute atomic E-state index is 0.902. The Labute approximate surface area is 88.0 Å². The summed E-state index contributed by atoms with van der Waals surface area (Å²) in [5, 5.41) is 4.40. The van der Waals surface area contributed by atoms with Crippen molar-refractivity contribution in [3.8, 4) is 0 Å². The molecule has 1 N–H and O–H groups in total. The Morgan fingerprint density at radius 1 is 1.57 bits per heavy atom. The first-order chi connectivity index (χ1) is 6.95. The van der Waals surface area contributed by atoms with Crippen LogP contribution in [0.25, 0.3) is 0 Å². The molecule has 0 saturated carbocycles. The molecule has 14 heavy (non-hydrogen) atoms. The molecule has 1 aliphatic heterocycles. The maximum Gasteiger partial charge on any atom is 0.156 e. The molecule has 1 aromatic heterocycles.